The van der Waals surface area contributed by atoms with Crippen molar-refractivity contribution in [1.82, 2.24) is 4.90 Å². The number of Topliss-reactive ketones (excluding diaryl/α,β-unsaturated/α-hetero) is 1. The van der Waals surface area contributed by atoms with Crippen LogP contribution in [0.4, 0.5) is 8.78 Å². The number of carboxylic acids is 2. The lowest BCUT2D eigenvalue weighted by Crippen LogP contribution is -2.40. The number of hydrogen-bond donors (Lipinski definition) is 2. The first-order chi connectivity index (χ1) is 19.7. The van der Waals surface area contributed by atoms with Gasteiger partial charge in [-0.2, -0.15) is 0 Å². The molecule has 0 amide bonds. The first kappa shape index (κ1) is 30.1. The smallest absolute Gasteiger partial charge is 0.328 e. The molecule has 6 nitrogen and oxygen atoms in total. The number of carboxylic acid groups (broad SMARTS) is 2. The van der Waals surface area contributed by atoms with Crippen LogP contribution >= 0.6 is 11.8 Å². The molecule has 2 aliphatic rings. The summed E-state index contributed by atoms with van der Waals surface area (Å²) < 4.78 is 27.1. The molecule has 0 radical (unpaired) electrons. The second kappa shape index (κ2) is 13.7. The van der Waals surface area contributed by atoms with Crippen LogP contribution in [-0.4, -0.2) is 52.5 Å². The third kappa shape index (κ3) is 7.68. The standard InChI is InChI=1S/C28H27F2NOS.C4H4O4/c29-21-12-13-23(25(30)19-21)26(32)11-6-16-31-17-14-28(15-18-31)24-10-5-4-9-22(24)27(33-28)20-7-2-1-3-8-20;5-3(6)1-2-4(7)8/h1-5,7-10,12-13,19,27H,6,11,14-18H2;1-2H,(H,5,6)(H,7,8). The van der Waals surface area contributed by atoms with Gasteiger partial charge >= 0.3 is 11.9 Å². The fraction of sp³-hybridized carbons (Fsp3) is 0.281. The van der Waals surface area contributed by atoms with Crippen LogP contribution in [-0.2, 0) is 14.3 Å². The van der Waals surface area contributed by atoms with E-state index in [2.05, 4.69) is 71.3 Å². The number of carbonyl (C=O) groups is 3. The minimum Gasteiger partial charge on any atom is -0.478 e. The number of aliphatic carboxylic acids is 2. The lowest BCUT2D eigenvalue weighted by atomic mass is 9.84. The lowest BCUT2D eigenvalue weighted by Gasteiger charge is -2.39. The molecule has 1 fully saturated rings. The topological polar surface area (TPSA) is 94.9 Å². The summed E-state index contributed by atoms with van der Waals surface area (Å²) in [6.45, 7) is 2.79. The van der Waals surface area contributed by atoms with Crippen molar-refractivity contribution in [2.45, 2.75) is 35.7 Å². The van der Waals surface area contributed by atoms with Gasteiger partial charge in [-0.1, -0.05) is 54.6 Å². The maximum absolute atomic E-state index is 13.9. The number of nitrogens with zero attached hydrogens (tertiary/aromatic N) is 1. The van der Waals surface area contributed by atoms with Crippen LogP contribution in [0.2, 0.25) is 0 Å². The van der Waals surface area contributed by atoms with Crippen LogP contribution in [0.25, 0.3) is 0 Å². The van der Waals surface area contributed by atoms with Gasteiger partial charge in [-0.05, 0) is 67.7 Å². The molecule has 0 aliphatic carbocycles. The van der Waals surface area contributed by atoms with Crippen LogP contribution in [0.3, 0.4) is 0 Å². The third-order valence-electron chi connectivity index (χ3n) is 7.32. The van der Waals surface area contributed by atoms with E-state index in [1.165, 1.54) is 22.8 Å². The number of rotatable bonds is 8. The normalized spacial score (nSPS) is 17.6. The molecule has 2 N–H and O–H groups in total. The van der Waals surface area contributed by atoms with E-state index in [-0.39, 0.29) is 22.5 Å². The Morgan fingerprint density at radius 3 is 2.17 bits per heavy atom. The van der Waals surface area contributed by atoms with E-state index in [0.717, 1.165) is 44.6 Å². The van der Waals surface area contributed by atoms with Gasteiger partial charge < -0.3 is 15.1 Å². The Kier molecular flexibility index (Phi) is 10.1. The van der Waals surface area contributed by atoms with E-state index in [0.29, 0.717) is 23.8 Å². The van der Waals surface area contributed by atoms with Crippen molar-refractivity contribution in [1.29, 1.82) is 0 Å². The fourth-order valence-corrected chi connectivity index (χ4v) is 7.16. The summed E-state index contributed by atoms with van der Waals surface area (Å²) in [5.74, 6) is -4.20. The Morgan fingerprint density at radius 2 is 1.54 bits per heavy atom. The number of fused-ring (bicyclic) bond motifs is 2. The van der Waals surface area contributed by atoms with Crippen molar-refractivity contribution in [3.8, 4) is 0 Å². The van der Waals surface area contributed by atoms with Gasteiger partial charge in [0.15, 0.2) is 5.78 Å². The molecule has 3 aromatic carbocycles. The highest BCUT2D eigenvalue weighted by Gasteiger charge is 2.46. The quantitative estimate of drug-likeness (QED) is 0.233. The monoisotopic (exact) mass is 579 g/mol. The lowest BCUT2D eigenvalue weighted by molar-refractivity contribution is -0.134. The Balaban J connectivity index is 0.000000426. The van der Waals surface area contributed by atoms with Crippen molar-refractivity contribution in [2.24, 2.45) is 0 Å². The van der Waals surface area contributed by atoms with Crippen molar-refractivity contribution >= 4 is 29.5 Å². The largest absolute Gasteiger partial charge is 0.478 e. The van der Waals surface area contributed by atoms with Gasteiger partial charge in [0.1, 0.15) is 11.6 Å². The zero-order chi connectivity index (χ0) is 29.4. The van der Waals surface area contributed by atoms with Crippen LogP contribution in [0, 0.1) is 11.6 Å². The van der Waals surface area contributed by atoms with Gasteiger partial charge in [0.05, 0.1) is 10.8 Å². The van der Waals surface area contributed by atoms with E-state index in [1.54, 1.807) is 0 Å². The van der Waals surface area contributed by atoms with Gasteiger partial charge in [-0.3, -0.25) is 4.79 Å². The molecule has 1 unspecified atom stereocenters. The molecule has 0 saturated carbocycles. The maximum Gasteiger partial charge on any atom is 0.328 e. The first-order valence-corrected chi connectivity index (χ1v) is 14.2. The van der Waals surface area contributed by atoms with Gasteiger partial charge in [-0.25, -0.2) is 18.4 Å². The zero-order valence-electron chi connectivity index (χ0n) is 22.3. The van der Waals surface area contributed by atoms with E-state index >= 15 is 0 Å². The van der Waals surface area contributed by atoms with Crippen LogP contribution in [0.15, 0.2) is 84.9 Å². The zero-order valence-corrected chi connectivity index (χ0v) is 23.2. The molecule has 0 bridgehead atoms. The average molecular weight is 580 g/mol. The van der Waals surface area contributed by atoms with Crippen molar-refractivity contribution in [2.75, 3.05) is 19.6 Å². The second-order valence-electron chi connectivity index (χ2n) is 9.99. The molecule has 2 heterocycles. The van der Waals surface area contributed by atoms with Gasteiger partial charge in [-0.15, -0.1) is 11.8 Å². The molecule has 1 atom stereocenters. The summed E-state index contributed by atoms with van der Waals surface area (Å²) in [5.41, 5.74) is 4.26. The highest BCUT2D eigenvalue weighted by molar-refractivity contribution is 8.01. The highest BCUT2D eigenvalue weighted by Crippen LogP contribution is 2.61. The van der Waals surface area contributed by atoms with Gasteiger partial charge in [0.25, 0.3) is 0 Å². The van der Waals surface area contributed by atoms with Crippen LogP contribution < -0.4 is 0 Å². The maximum atomic E-state index is 13.9. The van der Waals surface area contributed by atoms with E-state index < -0.39 is 23.6 Å². The predicted octanol–water partition coefficient (Wildman–Crippen LogP) is 6.47. The molecule has 41 heavy (non-hydrogen) atoms. The van der Waals surface area contributed by atoms with Crippen LogP contribution in [0.5, 0.6) is 0 Å². The molecule has 1 saturated heterocycles. The number of piperidine rings is 1. The van der Waals surface area contributed by atoms with E-state index in [4.69, 9.17) is 10.2 Å². The molecule has 0 aromatic heterocycles. The molecular formula is C32H31F2NO5S. The first-order valence-electron chi connectivity index (χ1n) is 13.4. The number of carbonyl (C=O) groups excluding carboxylic acids is 1. The number of benzene rings is 3. The number of ketones is 1. The number of hydrogen-bond acceptors (Lipinski definition) is 5. The molecular weight excluding hydrogens is 548 g/mol. The summed E-state index contributed by atoms with van der Waals surface area (Å²) in [7, 11) is 0. The second-order valence-corrected chi connectivity index (χ2v) is 11.5. The molecule has 1 spiro atoms. The highest BCUT2D eigenvalue weighted by atomic mass is 32.2. The Bertz CT molecular complexity index is 1400. The third-order valence-corrected chi connectivity index (χ3v) is 9.16. The molecule has 5 rings (SSSR count). The summed E-state index contributed by atoms with van der Waals surface area (Å²) in [4.78, 5) is 33.9. The Hall–Kier alpha value is -3.82. The Labute approximate surface area is 241 Å². The van der Waals surface area contributed by atoms with Crippen molar-refractivity contribution < 1.29 is 33.4 Å². The molecule has 9 heteroatoms. The van der Waals surface area contributed by atoms with E-state index in [9.17, 15) is 23.2 Å². The summed E-state index contributed by atoms with van der Waals surface area (Å²) in [6, 6.07) is 22.8. The van der Waals surface area contributed by atoms with Gasteiger partial charge in [0, 0.05) is 29.4 Å². The number of likely N-dealkylation sites (tertiary alicyclic amines) is 1. The van der Waals surface area contributed by atoms with Gasteiger partial charge in [0.2, 0.25) is 0 Å². The molecule has 3 aromatic rings. The summed E-state index contributed by atoms with van der Waals surface area (Å²) in [6.07, 6.45) is 4.23. The number of thioether (sulfide) groups is 1. The minimum atomic E-state index is -1.26. The van der Waals surface area contributed by atoms with E-state index in [1.807, 2.05) is 0 Å². The molecule has 214 valence electrons. The fourth-order valence-electron chi connectivity index (χ4n) is 5.35. The SMILES string of the molecule is O=C(CCCN1CCC2(CC1)SC(c1ccccc1)c1ccccc12)c1ccc(F)cc1F.O=C(O)C=CC(=O)O. The summed E-state index contributed by atoms with van der Waals surface area (Å²) >= 11 is 2.09. The van der Waals surface area contributed by atoms with Crippen LogP contribution in [0.1, 0.15) is 58.0 Å². The predicted molar refractivity (Wildman–Crippen MR) is 154 cm³/mol. The van der Waals surface area contributed by atoms with Crippen molar-refractivity contribution in [3.63, 3.8) is 0 Å². The Morgan fingerprint density at radius 1 is 0.902 bits per heavy atom. The number of halogens is 2. The van der Waals surface area contributed by atoms with Crippen molar-refractivity contribution in [3.05, 3.63) is 119 Å². The average Bonchev–Trinajstić information content (AvgIpc) is 3.28. The summed E-state index contributed by atoms with van der Waals surface area (Å²) in [5, 5.41) is 16.0. The molecule has 2 aliphatic heterocycles. The minimum absolute atomic E-state index is 0.0140.